The summed E-state index contributed by atoms with van der Waals surface area (Å²) >= 11 is 0. The Kier molecular flexibility index (Phi) is 2.43. The summed E-state index contributed by atoms with van der Waals surface area (Å²) in [5.41, 5.74) is 0.551. The van der Waals surface area contributed by atoms with Crippen molar-refractivity contribution in [2.75, 3.05) is 6.26 Å². The largest absolute Gasteiger partial charge is 0.508 e. The molecular weight excluding hydrogens is 228 g/mol. The Morgan fingerprint density at radius 3 is 2.75 bits per heavy atom. The van der Waals surface area contributed by atoms with Crippen molar-refractivity contribution >= 4 is 10.0 Å². The Balaban J connectivity index is 2.62. The molecule has 16 heavy (non-hydrogen) atoms. The van der Waals surface area contributed by atoms with Crippen LogP contribution < -0.4 is 0 Å². The van der Waals surface area contributed by atoms with Gasteiger partial charge in [-0.1, -0.05) is 12.1 Å². The van der Waals surface area contributed by atoms with Crippen LogP contribution in [0.4, 0.5) is 0 Å². The summed E-state index contributed by atoms with van der Waals surface area (Å²) in [6.45, 7) is 0. The number of aromatic nitrogens is 2. The molecule has 1 aromatic carbocycles. The lowest BCUT2D eigenvalue weighted by Gasteiger charge is -2.05. The fourth-order valence-electron chi connectivity index (χ4n) is 1.41. The van der Waals surface area contributed by atoms with Crippen molar-refractivity contribution in [3.8, 4) is 17.1 Å². The van der Waals surface area contributed by atoms with E-state index >= 15 is 0 Å². The quantitative estimate of drug-likeness (QED) is 0.849. The molecule has 0 atom stereocenters. The molecule has 84 valence electrons. The molecule has 1 heterocycles. The van der Waals surface area contributed by atoms with Gasteiger partial charge in [0.25, 0.3) is 0 Å². The highest BCUT2D eigenvalue weighted by Gasteiger charge is 2.13. The highest BCUT2D eigenvalue weighted by atomic mass is 32.2. The first-order valence-corrected chi connectivity index (χ1v) is 6.36. The molecule has 5 nitrogen and oxygen atoms in total. The van der Waals surface area contributed by atoms with Crippen molar-refractivity contribution in [2.24, 2.45) is 0 Å². The average molecular weight is 238 g/mol. The molecule has 0 radical (unpaired) electrons. The molecule has 0 bridgehead atoms. The molecule has 0 aliphatic carbocycles. The molecule has 0 saturated carbocycles. The fraction of sp³-hybridized carbons (Fsp3) is 0.100. The second-order valence-corrected chi connectivity index (χ2v) is 5.22. The van der Waals surface area contributed by atoms with Gasteiger partial charge in [0.15, 0.2) is 5.82 Å². The molecule has 2 rings (SSSR count). The third-order valence-corrected chi connectivity index (χ3v) is 3.08. The van der Waals surface area contributed by atoms with Gasteiger partial charge in [-0.2, -0.15) is 0 Å². The molecule has 0 saturated heterocycles. The average Bonchev–Trinajstić information content (AvgIpc) is 2.65. The number of aromatic hydroxyl groups is 1. The number of nitrogens with zero attached hydrogens (tertiary/aromatic N) is 2. The summed E-state index contributed by atoms with van der Waals surface area (Å²) in [4.78, 5) is 3.97. The van der Waals surface area contributed by atoms with E-state index in [0.29, 0.717) is 11.4 Å². The van der Waals surface area contributed by atoms with Gasteiger partial charge < -0.3 is 5.11 Å². The molecule has 1 N–H and O–H groups in total. The summed E-state index contributed by atoms with van der Waals surface area (Å²) in [5, 5.41) is 9.32. The maximum Gasteiger partial charge on any atom is 0.237 e. The smallest absolute Gasteiger partial charge is 0.237 e. The Hall–Kier alpha value is -1.82. The Bertz CT molecular complexity index is 616. The van der Waals surface area contributed by atoms with Crippen molar-refractivity contribution < 1.29 is 13.5 Å². The third-order valence-electron chi connectivity index (χ3n) is 2.07. The predicted molar refractivity (Wildman–Crippen MR) is 59.6 cm³/mol. The summed E-state index contributed by atoms with van der Waals surface area (Å²) in [6.07, 6.45) is 3.87. The molecule has 0 aliphatic rings. The van der Waals surface area contributed by atoms with Gasteiger partial charge in [-0.3, -0.25) is 0 Å². The second-order valence-electron chi connectivity index (χ2n) is 3.36. The first-order chi connectivity index (χ1) is 7.48. The lowest BCUT2D eigenvalue weighted by atomic mass is 10.2. The minimum absolute atomic E-state index is 0.0700. The number of hydrogen-bond acceptors (Lipinski definition) is 4. The normalized spacial score (nSPS) is 11.6. The van der Waals surface area contributed by atoms with Crippen LogP contribution in [0.25, 0.3) is 11.4 Å². The lowest BCUT2D eigenvalue weighted by Crippen LogP contribution is -2.10. The molecule has 6 heteroatoms. The van der Waals surface area contributed by atoms with E-state index < -0.39 is 10.0 Å². The summed E-state index contributed by atoms with van der Waals surface area (Å²) in [6, 6.07) is 6.29. The van der Waals surface area contributed by atoms with Crippen LogP contribution in [0.15, 0.2) is 36.7 Å². The van der Waals surface area contributed by atoms with Crippen LogP contribution in [-0.4, -0.2) is 28.7 Å². The zero-order valence-corrected chi connectivity index (χ0v) is 9.35. The van der Waals surface area contributed by atoms with Crippen molar-refractivity contribution in [2.45, 2.75) is 0 Å². The molecule has 0 unspecified atom stereocenters. The van der Waals surface area contributed by atoms with Crippen LogP contribution in [0.2, 0.25) is 0 Å². The number of benzene rings is 1. The Labute approximate surface area is 93.0 Å². The van der Waals surface area contributed by atoms with Crippen molar-refractivity contribution in [1.82, 2.24) is 8.96 Å². The van der Waals surface area contributed by atoms with Gasteiger partial charge >= 0.3 is 0 Å². The minimum Gasteiger partial charge on any atom is -0.508 e. The van der Waals surface area contributed by atoms with Crippen LogP contribution in [-0.2, 0) is 10.0 Å². The van der Waals surface area contributed by atoms with Crippen LogP contribution in [0.5, 0.6) is 5.75 Å². The number of rotatable bonds is 2. The number of phenolic OH excluding ortho intramolecular Hbond substituents is 1. The predicted octanol–water partition coefficient (Wildman–Crippen LogP) is 1.06. The lowest BCUT2D eigenvalue weighted by molar-refractivity contribution is 0.475. The Morgan fingerprint density at radius 1 is 1.38 bits per heavy atom. The van der Waals surface area contributed by atoms with E-state index in [1.807, 2.05) is 0 Å². The van der Waals surface area contributed by atoms with Gasteiger partial charge in [0.05, 0.1) is 6.26 Å². The standard InChI is InChI=1S/C10H10N2O3S/c1-16(14,15)12-6-5-11-10(12)8-3-2-4-9(13)7-8/h2-7,13H,1H3. The van der Waals surface area contributed by atoms with Crippen LogP contribution >= 0.6 is 0 Å². The van der Waals surface area contributed by atoms with Gasteiger partial charge in [-0.05, 0) is 12.1 Å². The fourth-order valence-corrected chi connectivity index (χ4v) is 2.15. The van der Waals surface area contributed by atoms with Gasteiger partial charge in [0.1, 0.15) is 5.75 Å². The van der Waals surface area contributed by atoms with Crippen LogP contribution in [0, 0.1) is 0 Å². The van der Waals surface area contributed by atoms with Gasteiger partial charge in [-0.25, -0.2) is 17.4 Å². The van der Waals surface area contributed by atoms with E-state index in [0.717, 1.165) is 10.2 Å². The van der Waals surface area contributed by atoms with Crippen molar-refractivity contribution in [3.05, 3.63) is 36.7 Å². The number of phenols is 1. The minimum atomic E-state index is -3.38. The van der Waals surface area contributed by atoms with E-state index in [1.54, 1.807) is 12.1 Å². The van der Waals surface area contributed by atoms with E-state index in [4.69, 9.17) is 0 Å². The first-order valence-electron chi connectivity index (χ1n) is 4.52. The summed E-state index contributed by atoms with van der Waals surface area (Å²) in [5.74, 6) is 0.360. The van der Waals surface area contributed by atoms with Gasteiger partial charge in [0, 0.05) is 18.0 Å². The molecule has 0 amide bonds. The molecule has 1 aromatic heterocycles. The topological polar surface area (TPSA) is 72.2 Å². The molecule has 2 aromatic rings. The monoisotopic (exact) mass is 238 g/mol. The first kappa shape index (κ1) is 10.7. The maximum absolute atomic E-state index is 11.4. The third kappa shape index (κ3) is 1.92. The van der Waals surface area contributed by atoms with Gasteiger partial charge in [-0.15, -0.1) is 0 Å². The van der Waals surface area contributed by atoms with Crippen molar-refractivity contribution in [3.63, 3.8) is 0 Å². The van der Waals surface area contributed by atoms with Crippen molar-refractivity contribution in [1.29, 1.82) is 0 Å². The molecular formula is C10H10N2O3S. The SMILES string of the molecule is CS(=O)(=O)n1ccnc1-c1cccc(O)c1. The number of hydrogen-bond donors (Lipinski definition) is 1. The highest BCUT2D eigenvalue weighted by Crippen LogP contribution is 2.22. The molecule has 0 spiro atoms. The van der Waals surface area contributed by atoms with E-state index in [1.165, 1.54) is 24.5 Å². The zero-order chi connectivity index (χ0) is 11.8. The maximum atomic E-state index is 11.4. The summed E-state index contributed by atoms with van der Waals surface area (Å²) in [7, 11) is -3.38. The van der Waals surface area contributed by atoms with Gasteiger partial charge in [0.2, 0.25) is 10.0 Å². The van der Waals surface area contributed by atoms with E-state index in [2.05, 4.69) is 4.98 Å². The second kappa shape index (κ2) is 3.64. The molecule has 0 aliphatic heterocycles. The van der Waals surface area contributed by atoms with E-state index in [9.17, 15) is 13.5 Å². The highest BCUT2D eigenvalue weighted by molar-refractivity contribution is 7.89. The summed E-state index contributed by atoms with van der Waals surface area (Å²) < 4.78 is 23.9. The molecule has 0 fully saturated rings. The number of imidazole rings is 1. The van der Waals surface area contributed by atoms with E-state index in [-0.39, 0.29) is 5.75 Å². The van der Waals surface area contributed by atoms with Crippen LogP contribution in [0.3, 0.4) is 0 Å². The Morgan fingerprint density at radius 2 is 2.12 bits per heavy atom. The van der Waals surface area contributed by atoms with Crippen LogP contribution in [0.1, 0.15) is 0 Å². The zero-order valence-electron chi connectivity index (χ0n) is 8.53.